The standard InChI is InChI=1S/C28H28N4O2/c33-26(21-9-10-21)31-14-11-18(16-31)17-32-25(30-28(12-13-28)27(32)34)20-7-5-19(6-8-20)23-15-29-24-4-2-1-3-22(23)24/h1-8,15,18,21,29H,9-14,16-17H2/t18-/m1/s1. The molecule has 1 aromatic heterocycles. The first-order valence-electron chi connectivity index (χ1n) is 12.5. The molecule has 7 rings (SSSR count). The fourth-order valence-electron chi connectivity index (χ4n) is 5.63. The fourth-order valence-corrected chi connectivity index (χ4v) is 5.63. The summed E-state index contributed by atoms with van der Waals surface area (Å²) >= 11 is 0. The van der Waals surface area contributed by atoms with Gasteiger partial charge in [0.2, 0.25) is 5.91 Å². The number of nitrogens with one attached hydrogen (secondary N) is 1. The zero-order chi connectivity index (χ0) is 22.9. The normalized spacial score (nSPS) is 23.2. The molecule has 3 heterocycles. The monoisotopic (exact) mass is 452 g/mol. The van der Waals surface area contributed by atoms with E-state index in [-0.39, 0.29) is 11.8 Å². The third-order valence-electron chi connectivity index (χ3n) is 7.95. The van der Waals surface area contributed by atoms with Gasteiger partial charge in [-0.25, -0.2) is 0 Å². The maximum atomic E-state index is 13.3. The lowest BCUT2D eigenvalue weighted by Crippen LogP contribution is -2.40. The molecule has 2 aliphatic heterocycles. The van der Waals surface area contributed by atoms with Gasteiger partial charge >= 0.3 is 0 Å². The number of amides is 2. The van der Waals surface area contributed by atoms with Gasteiger partial charge in [-0.05, 0) is 49.7 Å². The van der Waals surface area contributed by atoms with Crippen LogP contribution in [0.4, 0.5) is 0 Å². The fraction of sp³-hybridized carbons (Fsp3) is 0.393. The molecule has 2 saturated carbocycles. The molecular formula is C28H28N4O2. The summed E-state index contributed by atoms with van der Waals surface area (Å²) in [5.41, 5.74) is 3.91. The van der Waals surface area contributed by atoms with Crippen LogP contribution in [0, 0.1) is 11.8 Å². The number of aliphatic imine (C=N–C) groups is 1. The summed E-state index contributed by atoms with van der Waals surface area (Å²) in [6.07, 6.45) is 6.78. The highest BCUT2D eigenvalue weighted by Crippen LogP contribution is 2.46. The summed E-state index contributed by atoms with van der Waals surface area (Å²) in [5, 5.41) is 1.20. The molecule has 3 aromatic rings. The minimum Gasteiger partial charge on any atom is -0.361 e. The van der Waals surface area contributed by atoms with Crippen molar-refractivity contribution in [1.29, 1.82) is 0 Å². The first kappa shape index (κ1) is 20.0. The number of aromatic amines is 1. The minimum atomic E-state index is -0.521. The molecule has 1 atom stereocenters. The number of nitrogens with zero attached hydrogens (tertiary/aromatic N) is 3. The van der Waals surface area contributed by atoms with E-state index in [1.807, 2.05) is 15.9 Å². The predicted molar refractivity (Wildman–Crippen MR) is 131 cm³/mol. The van der Waals surface area contributed by atoms with Gasteiger partial charge in [0.1, 0.15) is 11.4 Å². The third kappa shape index (κ3) is 3.19. The van der Waals surface area contributed by atoms with Crippen molar-refractivity contribution in [2.45, 2.75) is 37.6 Å². The molecule has 2 aliphatic carbocycles. The molecule has 6 heteroatoms. The highest BCUT2D eigenvalue weighted by molar-refractivity contribution is 6.16. The second kappa shape index (κ2) is 7.29. The zero-order valence-corrected chi connectivity index (χ0v) is 19.2. The Kier molecular flexibility index (Phi) is 4.29. The lowest BCUT2D eigenvalue weighted by molar-refractivity contribution is -0.131. The van der Waals surface area contributed by atoms with Gasteiger partial charge in [0.05, 0.1) is 0 Å². The Morgan fingerprint density at radius 3 is 2.56 bits per heavy atom. The molecule has 1 spiro atoms. The van der Waals surface area contributed by atoms with E-state index in [1.54, 1.807) is 0 Å². The van der Waals surface area contributed by atoms with Gasteiger partial charge in [-0.1, -0.05) is 42.5 Å². The first-order valence-corrected chi connectivity index (χ1v) is 12.5. The molecule has 1 saturated heterocycles. The number of aromatic nitrogens is 1. The number of hydrogen-bond acceptors (Lipinski definition) is 3. The molecule has 0 radical (unpaired) electrons. The van der Waals surface area contributed by atoms with Crippen LogP contribution in [0.15, 0.2) is 59.7 Å². The van der Waals surface area contributed by atoms with Crippen molar-refractivity contribution in [1.82, 2.24) is 14.8 Å². The quantitative estimate of drug-likeness (QED) is 0.630. The Labute approximate surface area is 198 Å². The number of likely N-dealkylation sites (tertiary alicyclic amines) is 1. The molecule has 2 aromatic carbocycles. The predicted octanol–water partition coefficient (Wildman–Crippen LogP) is 4.21. The van der Waals surface area contributed by atoms with E-state index in [2.05, 4.69) is 53.6 Å². The number of rotatable bonds is 5. The van der Waals surface area contributed by atoms with Crippen LogP contribution in [0.25, 0.3) is 22.0 Å². The van der Waals surface area contributed by atoms with Gasteiger partial charge in [-0.2, -0.15) is 0 Å². The molecule has 0 unspecified atom stereocenters. The van der Waals surface area contributed by atoms with Crippen molar-refractivity contribution in [2.75, 3.05) is 19.6 Å². The van der Waals surface area contributed by atoms with Crippen molar-refractivity contribution in [3.63, 3.8) is 0 Å². The highest BCUT2D eigenvalue weighted by atomic mass is 16.2. The van der Waals surface area contributed by atoms with Gasteiger partial charge in [0.25, 0.3) is 5.91 Å². The Balaban J connectivity index is 1.13. The van der Waals surface area contributed by atoms with Crippen molar-refractivity contribution in [2.24, 2.45) is 16.8 Å². The number of fused-ring (bicyclic) bond motifs is 1. The largest absolute Gasteiger partial charge is 0.361 e. The summed E-state index contributed by atoms with van der Waals surface area (Å²) in [6.45, 7) is 2.23. The minimum absolute atomic E-state index is 0.148. The SMILES string of the molecule is O=C(C1CC1)N1CC[C@@H](CN2C(=O)C3(CC3)N=C2c2ccc(-c3c[nH]c4ccccc34)cc2)C1. The van der Waals surface area contributed by atoms with Crippen LogP contribution < -0.4 is 0 Å². The van der Waals surface area contributed by atoms with Gasteiger partial charge in [0, 0.05) is 53.8 Å². The van der Waals surface area contributed by atoms with Crippen LogP contribution in [0.3, 0.4) is 0 Å². The number of carbonyl (C=O) groups excluding carboxylic acids is 2. The Morgan fingerprint density at radius 2 is 1.79 bits per heavy atom. The number of hydrogen-bond donors (Lipinski definition) is 1. The summed E-state index contributed by atoms with van der Waals surface area (Å²) in [5.74, 6) is 1.84. The van der Waals surface area contributed by atoms with Crippen molar-refractivity contribution in [3.05, 3.63) is 60.3 Å². The first-order chi connectivity index (χ1) is 16.6. The van der Waals surface area contributed by atoms with Crippen LogP contribution in [0.2, 0.25) is 0 Å². The summed E-state index contributed by atoms with van der Waals surface area (Å²) in [7, 11) is 0. The molecule has 6 nitrogen and oxygen atoms in total. The van der Waals surface area contributed by atoms with E-state index >= 15 is 0 Å². The second-order valence-corrected chi connectivity index (χ2v) is 10.4. The van der Waals surface area contributed by atoms with E-state index in [0.717, 1.165) is 67.7 Å². The van der Waals surface area contributed by atoms with Gasteiger partial charge in [-0.15, -0.1) is 0 Å². The molecule has 2 amide bonds. The lowest BCUT2D eigenvalue weighted by Gasteiger charge is -2.23. The smallest absolute Gasteiger partial charge is 0.256 e. The number of benzene rings is 2. The summed E-state index contributed by atoms with van der Waals surface area (Å²) < 4.78 is 0. The lowest BCUT2D eigenvalue weighted by atomic mass is 10.0. The maximum absolute atomic E-state index is 13.3. The molecule has 172 valence electrons. The zero-order valence-electron chi connectivity index (χ0n) is 19.2. The topological polar surface area (TPSA) is 68.8 Å². The van der Waals surface area contributed by atoms with Crippen LogP contribution in [0.1, 0.15) is 37.7 Å². The average Bonchev–Trinajstić information content (AvgIpc) is 3.75. The summed E-state index contributed by atoms with van der Waals surface area (Å²) in [6, 6.07) is 16.7. The highest BCUT2D eigenvalue weighted by Gasteiger charge is 2.57. The molecule has 34 heavy (non-hydrogen) atoms. The number of amidine groups is 1. The van der Waals surface area contributed by atoms with Gasteiger partial charge in [0.15, 0.2) is 0 Å². The summed E-state index contributed by atoms with van der Waals surface area (Å²) in [4.78, 5) is 38.0. The van der Waals surface area contributed by atoms with Crippen molar-refractivity contribution in [3.8, 4) is 11.1 Å². The molecule has 3 fully saturated rings. The van der Waals surface area contributed by atoms with Gasteiger partial charge < -0.3 is 9.88 Å². The van der Waals surface area contributed by atoms with E-state index in [0.29, 0.717) is 18.4 Å². The second-order valence-electron chi connectivity index (χ2n) is 10.4. The van der Waals surface area contributed by atoms with Gasteiger partial charge in [-0.3, -0.25) is 19.5 Å². The van der Waals surface area contributed by atoms with Crippen LogP contribution >= 0.6 is 0 Å². The Morgan fingerprint density at radius 1 is 1.03 bits per heavy atom. The van der Waals surface area contributed by atoms with Crippen molar-refractivity contribution >= 4 is 28.6 Å². The average molecular weight is 453 g/mol. The number of carbonyl (C=O) groups is 2. The molecular weight excluding hydrogens is 424 g/mol. The molecule has 0 bridgehead atoms. The van der Waals surface area contributed by atoms with Crippen LogP contribution in [0.5, 0.6) is 0 Å². The molecule has 1 N–H and O–H groups in total. The third-order valence-corrected chi connectivity index (χ3v) is 7.95. The number of H-pyrrole nitrogens is 1. The Bertz CT molecular complexity index is 1330. The van der Waals surface area contributed by atoms with E-state index < -0.39 is 5.54 Å². The Hall–Kier alpha value is -3.41. The van der Waals surface area contributed by atoms with Crippen LogP contribution in [-0.4, -0.2) is 57.6 Å². The molecule has 4 aliphatic rings. The van der Waals surface area contributed by atoms with Crippen LogP contribution in [-0.2, 0) is 9.59 Å². The number of para-hydroxylation sites is 1. The van der Waals surface area contributed by atoms with E-state index in [9.17, 15) is 9.59 Å². The maximum Gasteiger partial charge on any atom is 0.256 e. The van der Waals surface area contributed by atoms with Crippen molar-refractivity contribution < 1.29 is 9.59 Å². The van der Waals surface area contributed by atoms with E-state index in [1.165, 1.54) is 10.9 Å². The van der Waals surface area contributed by atoms with E-state index in [4.69, 9.17) is 4.99 Å².